The topological polar surface area (TPSA) is 6.48 Å². The Bertz CT molecular complexity index is 3500. The molecule has 1 unspecified atom stereocenters. The molecule has 2 nitrogen and oxygen atoms in total. The van der Waals surface area contributed by atoms with Crippen molar-refractivity contribution in [2.24, 2.45) is 0 Å². The minimum atomic E-state index is -0.649. The molecule has 1 heterocycles. The molecule has 290 valence electrons. The molecule has 10 aromatic carbocycles. The molecule has 0 radical (unpaired) electrons. The Morgan fingerprint density at radius 3 is 1.53 bits per heavy atom. The summed E-state index contributed by atoms with van der Waals surface area (Å²) in [6.07, 6.45) is 0. The summed E-state index contributed by atoms with van der Waals surface area (Å²) in [6.45, 7) is 0. The number of thiophene rings is 1. The maximum absolute atomic E-state index is 2.57. The summed E-state index contributed by atoms with van der Waals surface area (Å²) < 4.78 is 2.58. The van der Waals surface area contributed by atoms with Crippen LogP contribution in [0.25, 0.3) is 53.2 Å². The molecule has 62 heavy (non-hydrogen) atoms. The fourth-order valence-corrected chi connectivity index (χ4v) is 12.0. The Balaban J connectivity index is 1.20. The number of para-hydroxylation sites is 3. The van der Waals surface area contributed by atoms with Crippen LogP contribution in [0.3, 0.4) is 0 Å². The average Bonchev–Trinajstić information content (AvgIpc) is 3.98. The van der Waals surface area contributed by atoms with Crippen molar-refractivity contribution in [1.82, 2.24) is 0 Å². The smallest absolute Gasteiger partial charge is 0.0747 e. The first-order chi connectivity index (χ1) is 30.8. The van der Waals surface area contributed by atoms with Gasteiger partial charge in [-0.2, -0.15) is 0 Å². The van der Waals surface area contributed by atoms with Crippen molar-refractivity contribution in [2.45, 2.75) is 5.41 Å². The van der Waals surface area contributed by atoms with E-state index >= 15 is 0 Å². The first-order valence-corrected chi connectivity index (χ1v) is 22.2. The Hall–Kier alpha value is -7.72. The third kappa shape index (κ3) is 4.85. The van der Waals surface area contributed by atoms with Crippen LogP contribution in [-0.4, -0.2) is 0 Å². The summed E-state index contributed by atoms with van der Waals surface area (Å²) in [5.74, 6) is 0. The van der Waals surface area contributed by atoms with Crippen LogP contribution < -0.4 is 9.80 Å². The van der Waals surface area contributed by atoms with Gasteiger partial charge in [-0.25, -0.2) is 0 Å². The highest BCUT2D eigenvalue weighted by atomic mass is 32.1. The first kappa shape index (κ1) is 35.1. The van der Waals surface area contributed by atoms with E-state index in [4.69, 9.17) is 0 Å². The zero-order chi connectivity index (χ0) is 40.8. The molecule has 13 rings (SSSR count). The third-order valence-corrected chi connectivity index (χ3v) is 14.3. The normalized spacial score (nSPS) is 14.5. The molecule has 2 aliphatic carbocycles. The molecule has 0 saturated heterocycles. The third-order valence-electron chi connectivity index (χ3n) is 13.2. The lowest BCUT2D eigenvalue weighted by Crippen LogP contribution is -2.28. The van der Waals surface area contributed by atoms with Gasteiger partial charge in [-0.15, -0.1) is 11.3 Å². The van der Waals surface area contributed by atoms with Crippen molar-refractivity contribution >= 4 is 76.4 Å². The molecule has 0 saturated carbocycles. The summed E-state index contributed by atoms with van der Waals surface area (Å²) in [4.78, 5) is 5.02. The maximum Gasteiger partial charge on any atom is 0.0747 e. The molecule has 0 fully saturated rings. The highest BCUT2D eigenvalue weighted by Crippen LogP contribution is 2.68. The molecule has 0 aliphatic heterocycles. The molecule has 0 N–H and O–H groups in total. The van der Waals surface area contributed by atoms with E-state index in [2.05, 4.69) is 240 Å². The second-order valence-electron chi connectivity index (χ2n) is 16.3. The highest BCUT2D eigenvalue weighted by Gasteiger charge is 2.54. The highest BCUT2D eigenvalue weighted by molar-refractivity contribution is 7.26. The second kappa shape index (κ2) is 13.7. The van der Waals surface area contributed by atoms with E-state index in [9.17, 15) is 0 Å². The van der Waals surface area contributed by atoms with Gasteiger partial charge < -0.3 is 9.80 Å². The van der Waals surface area contributed by atoms with Gasteiger partial charge in [0.1, 0.15) is 0 Å². The Kier molecular flexibility index (Phi) is 7.72. The molecule has 1 aromatic heterocycles. The predicted octanol–water partition coefficient (Wildman–Crippen LogP) is 16.5. The molecule has 0 amide bonds. The van der Waals surface area contributed by atoms with Crippen LogP contribution in [0.2, 0.25) is 0 Å². The largest absolute Gasteiger partial charge is 0.310 e. The van der Waals surface area contributed by atoms with Gasteiger partial charge in [-0.05, 0) is 111 Å². The number of rotatable bonds is 6. The molecule has 11 aromatic rings. The van der Waals surface area contributed by atoms with E-state index in [1.54, 1.807) is 0 Å². The Labute approximate surface area is 364 Å². The van der Waals surface area contributed by atoms with Gasteiger partial charge in [0.2, 0.25) is 0 Å². The molecular weight excluding hydrogens is 769 g/mol. The van der Waals surface area contributed by atoms with Crippen LogP contribution in [0.15, 0.2) is 231 Å². The van der Waals surface area contributed by atoms with Crippen molar-refractivity contribution < 1.29 is 0 Å². The van der Waals surface area contributed by atoms with Crippen LogP contribution in [0.1, 0.15) is 22.3 Å². The predicted molar refractivity (Wildman–Crippen MR) is 263 cm³/mol. The standard InChI is InChI=1S/C59H38N2S/c1-4-21-40(22-5-1)60(41-23-6-2-7-24-41)50-34-18-33-49-56(50)45-29-13-16-32-48(45)59(49)47-31-15-12-28-44(47)55-43-27-11-10-20-39(43)38-52(58(55)59)61(42-25-8-3-9-26-42)51-35-19-37-54-57(51)46-30-14-17-36-53(46)62-54/h1-38H. The van der Waals surface area contributed by atoms with Crippen molar-refractivity contribution in [3.8, 4) is 22.3 Å². The van der Waals surface area contributed by atoms with Gasteiger partial charge in [-0.1, -0.05) is 164 Å². The fourth-order valence-electron chi connectivity index (χ4n) is 10.9. The van der Waals surface area contributed by atoms with E-state index in [-0.39, 0.29) is 0 Å². The second-order valence-corrected chi connectivity index (χ2v) is 17.4. The lowest BCUT2D eigenvalue weighted by atomic mass is 9.69. The maximum atomic E-state index is 2.57. The van der Waals surface area contributed by atoms with Gasteiger partial charge in [0.25, 0.3) is 0 Å². The lowest BCUT2D eigenvalue weighted by molar-refractivity contribution is 0.793. The van der Waals surface area contributed by atoms with Crippen molar-refractivity contribution in [3.63, 3.8) is 0 Å². The zero-order valence-electron chi connectivity index (χ0n) is 33.7. The minimum absolute atomic E-state index is 0.649. The van der Waals surface area contributed by atoms with Crippen molar-refractivity contribution in [3.05, 3.63) is 253 Å². The summed E-state index contributed by atoms with van der Waals surface area (Å²) in [5.41, 5.74) is 16.6. The number of fused-ring (bicyclic) bond motifs is 15. The SMILES string of the molecule is c1ccc(N(c2ccccc2)c2cccc3c2-c2ccccc2C32c3ccccc3-c3c2c(N(c2ccccc2)c2cccc4sc5ccccc5c24)cc2ccccc32)cc1. The van der Waals surface area contributed by atoms with E-state index in [1.165, 1.54) is 86.8 Å². The molecule has 1 spiro atoms. The monoisotopic (exact) mass is 806 g/mol. The summed E-state index contributed by atoms with van der Waals surface area (Å²) in [7, 11) is 0. The molecular formula is C59H38N2S. The van der Waals surface area contributed by atoms with E-state index in [0.717, 1.165) is 22.7 Å². The molecule has 0 bridgehead atoms. The lowest BCUT2D eigenvalue weighted by Gasteiger charge is -2.36. The number of hydrogen-bond donors (Lipinski definition) is 0. The van der Waals surface area contributed by atoms with Gasteiger partial charge in [0, 0.05) is 48.4 Å². The number of hydrogen-bond acceptors (Lipinski definition) is 3. The van der Waals surface area contributed by atoms with Gasteiger partial charge in [0.15, 0.2) is 0 Å². The summed E-state index contributed by atoms with van der Waals surface area (Å²) in [6, 6.07) is 85.4. The van der Waals surface area contributed by atoms with Gasteiger partial charge >= 0.3 is 0 Å². The van der Waals surface area contributed by atoms with Crippen LogP contribution in [0.5, 0.6) is 0 Å². The molecule has 1 atom stereocenters. The fraction of sp³-hybridized carbons (Fsp3) is 0.0169. The van der Waals surface area contributed by atoms with Crippen LogP contribution in [0.4, 0.5) is 34.1 Å². The number of benzene rings is 10. The van der Waals surface area contributed by atoms with E-state index in [0.29, 0.717) is 0 Å². The van der Waals surface area contributed by atoms with E-state index < -0.39 is 5.41 Å². The summed E-state index contributed by atoms with van der Waals surface area (Å²) >= 11 is 1.87. The first-order valence-electron chi connectivity index (χ1n) is 21.4. The molecule has 2 aliphatic rings. The van der Waals surface area contributed by atoms with E-state index in [1.807, 2.05) is 11.3 Å². The number of anilines is 6. The minimum Gasteiger partial charge on any atom is -0.310 e. The van der Waals surface area contributed by atoms with Crippen LogP contribution >= 0.6 is 11.3 Å². The Morgan fingerprint density at radius 2 is 0.839 bits per heavy atom. The zero-order valence-corrected chi connectivity index (χ0v) is 34.6. The van der Waals surface area contributed by atoms with Gasteiger partial charge in [0.05, 0.1) is 22.5 Å². The van der Waals surface area contributed by atoms with Gasteiger partial charge in [-0.3, -0.25) is 0 Å². The van der Waals surface area contributed by atoms with Crippen molar-refractivity contribution in [1.29, 1.82) is 0 Å². The summed E-state index contributed by atoms with van der Waals surface area (Å²) in [5, 5.41) is 5.04. The molecule has 3 heteroatoms. The van der Waals surface area contributed by atoms with Crippen LogP contribution in [0, 0.1) is 0 Å². The van der Waals surface area contributed by atoms with Crippen molar-refractivity contribution in [2.75, 3.05) is 9.80 Å². The Morgan fingerprint density at radius 1 is 0.339 bits per heavy atom. The average molecular weight is 807 g/mol. The number of nitrogens with zero attached hydrogens (tertiary/aromatic N) is 2. The van der Waals surface area contributed by atoms with Crippen LogP contribution in [-0.2, 0) is 5.41 Å². The quantitative estimate of drug-likeness (QED) is 0.165.